The number of fused-ring (bicyclic) bond motifs is 3. The van der Waals surface area contributed by atoms with Crippen LogP contribution in [0.5, 0.6) is 0 Å². The first-order chi connectivity index (χ1) is 8.61. The Labute approximate surface area is 87.6 Å². The summed E-state index contributed by atoms with van der Waals surface area (Å²) in [5.74, 6) is 0. The zero-order valence-corrected chi connectivity index (χ0v) is 7.33. The van der Waals surface area contributed by atoms with E-state index in [1.165, 1.54) is 12.1 Å². The normalized spacial score (nSPS) is 14.9. The molecule has 0 aliphatic carbocycles. The number of hydrogen-bond donors (Lipinski definition) is 0. The Bertz CT molecular complexity index is 783. The molecule has 0 amide bonds. The predicted octanol–water partition coefficient (Wildman–Crippen LogP) is 3.39. The number of pyridine rings is 1. The molecule has 0 spiro atoms. The Morgan fingerprint density at radius 3 is 2.79 bits per heavy atom. The molecule has 0 N–H and O–H groups in total. The molecule has 1 heterocycles. The third kappa shape index (κ3) is 0.990. The molecule has 1 nitrogen and oxygen atoms in total. The molecule has 66 valence electrons. The minimum atomic E-state index is -0.00963. The molecule has 14 heavy (non-hydrogen) atoms. The highest BCUT2D eigenvalue weighted by atomic mass is 14.6. The van der Waals surface area contributed by atoms with Crippen LogP contribution in [0.15, 0.2) is 54.6 Å². The van der Waals surface area contributed by atoms with Crippen LogP contribution in [0.2, 0.25) is 0 Å². The minimum absolute atomic E-state index is 0.00963. The van der Waals surface area contributed by atoms with Crippen molar-refractivity contribution in [1.82, 2.24) is 4.98 Å². The van der Waals surface area contributed by atoms with Crippen LogP contribution >= 0.6 is 0 Å². The molecule has 3 aromatic rings. The second-order valence-corrected chi connectivity index (χ2v) is 3.02. The highest BCUT2D eigenvalue weighted by molar-refractivity contribution is 6.04. The van der Waals surface area contributed by atoms with Crippen molar-refractivity contribution in [2.75, 3.05) is 0 Å². The van der Waals surface area contributed by atoms with Gasteiger partial charge < -0.3 is 0 Å². The van der Waals surface area contributed by atoms with Gasteiger partial charge in [-0.1, -0.05) is 42.4 Å². The smallest absolute Gasteiger partial charge is 0.0780 e. The molecule has 0 aliphatic heterocycles. The van der Waals surface area contributed by atoms with Gasteiger partial charge in [0.15, 0.2) is 0 Å². The average Bonchev–Trinajstić information content (AvgIpc) is 2.38. The third-order valence-corrected chi connectivity index (χ3v) is 2.16. The van der Waals surface area contributed by atoms with Gasteiger partial charge in [-0.05, 0) is 11.5 Å². The molecule has 0 saturated carbocycles. The van der Waals surface area contributed by atoms with Gasteiger partial charge in [-0.15, -0.1) is 0 Å². The lowest BCUT2D eigenvalue weighted by Gasteiger charge is -2.01. The molecule has 0 atom stereocenters. The fraction of sp³-hybridized carbons (Fsp3) is 0. The summed E-state index contributed by atoms with van der Waals surface area (Å²) in [6.07, 6.45) is 1.60. The molecule has 0 aliphatic rings. The molecular weight excluding hydrogens is 170 g/mol. The summed E-state index contributed by atoms with van der Waals surface area (Å²) in [6.45, 7) is 0. The summed E-state index contributed by atoms with van der Waals surface area (Å²) in [6, 6.07) is 6.89. The number of benzene rings is 2. The average molecular weight is 183 g/mol. The van der Waals surface area contributed by atoms with Gasteiger partial charge in [0.2, 0.25) is 0 Å². The second-order valence-electron chi connectivity index (χ2n) is 3.02. The lowest BCUT2D eigenvalue weighted by Crippen LogP contribution is -1.79. The zero-order valence-electron chi connectivity index (χ0n) is 11.3. The molecular formula is C13H9N. The van der Waals surface area contributed by atoms with Crippen molar-refractivity contribution in [3.8, 4) is 0 Å². The molecule has 1 aromatic heterocycles. The van der Waals surface area contributed by atoms with E-state index in [0.717, 1.165) is 0 Å². The summed E-state index contributed by atoms with van der Waals surface area (Å²) in [5.41, 5.74) is 0.521. The third-order valence-electron chi connectivity index (χ3n) is 2.16. The van der Waals surface area contributed by atoms with Crippen LogP contribution in [0.1, 0.15) is 5.48 Å². The summed E-state index contributed by atoms with van der Waals surface area (Å²) in [4.78, 5) is 4.21. The zero-order chi connectivity index (χ0) is 12.9. The van der Waals surface area contributed by atoms with Crippen molar-refractivity contribution in [3.05, 3.63) is 54.6 Å². The monoisotopic (exact) mass is 183 g/mol. The van der Waals surface area contributed by atoms with Crippen molar-refractivity contribution >= 4 is 21.7 Å². The van der Waals surface area contributed by atoms with Crippen LogP contribution in [0.3, 0.4) is 0 Å². The molecule has 0 saturated heterocycles. The van der Waals surface area contributed by atoms with Crippen molar-refractivity contribution in [2.45, 2.75) is 0 Å². The molecule has 0 bridgehead atoms. The molecule has 0 unspecified atom stereocenters. The molecule has 0 fully saturated rings. The van der Waals surface area contributed by atoms with E-state index in [9.17, 15) is 0 Å². The Kier molecular flexibility index (Phi) is 0.914. The predicted molar refractivity (Wildman–Crippen MR) is 59.2 cm³/mol. The fourth-order valence-electron chi connectivity index (χ4n) is 1.51. The van der Waals surface area contributed by atoms with E-state index >= 15 is 0 Å². The van der Waals surface area contributed by atoms with Crippen LogP contribution in [0.4, 0.5) is 0 Å². The van der Waals surface area contributed by atoms with Gasteiger partial charge in [-0.2, -0.15) is 0 Å². The Morgan fingerprint density at radius 2 is 1.79 bits per heavy atom. The van der Waals surface area contributed by atoms with Crippen molar-refractivity contribution in [3.63, 3.8) is 0 Å². The van der Waals surface area contributed by atoms with E-state index in [1.807, 2.05) is 0 Å². The summed E-state index contributed by atoms with van der Waals surface area (Å²) >= 11 is 0. The van der Waals surface area contributed by atoms with E-state index in [0.29, 0.717) is 21.7 Å². The lowest BCUT2D eigenvalue weighted by atomic mass is 10.1. The van der Waals surface area contributed by atoms with E-state index in [4.69, 9.17) is 5.48 Å². The fourth-order valence-corrected chi connectivity index (χ4v) is 1.51. The van der Waals surface area contributed by atoms with Gasteiger partial charge in [0.05, 0.1) is 11.0 Å². The van der Waals surface area contributed by atoms with Gasteiger partial charge in [0, 0.05) is 17.0 Å². The van der Waals surface area contributed by atoms with E-state index < -0.39 is 0 Å². The maximum absolute atomic E-state index is 7.99. The van der Waals surface area contributed by atoms with E-state index in [-0.39, 0.29) is 24.2 Å². The minimum Gasteiger partial charge on any atom is -0.256 e. The van der Waals surface area contributed by atoms with Gasteiger partial charge >= 0.3 is 0 Å². The van der Waals surface area contributed by atoms with Crippen LogP contribution in [0, 0.1) is 0 Å². The maximum Gasteiger partial charge on any atom is 0.0780 e. The maximum atomic E-state index is 7.99. The SMILES string of the molecule is [2H]c1c([2H])c2c([2H])ccc([2H])c2c2ncccc12. The Morgan fingerprint density at radius 1 is 0.929 bits per heavy atom. The number of aromatic nitrogens is 1. The van der Waals surface area contributed by atoms with Crippen molar-refractivity contribution < 1.29 is 5.48 Å². The van der Waals surface area contributed by atoms with Gasteiger partial charge in [-0.25, -0.2) is 0 Å². The summed E-state index contributed by atoms with van der Waals surface area (Å²) in [7, 11) is 0. The molecule has 3 rings (SSSR count). The summed E-state index contributed by atoms with van der Waals surface area (Å²) in [5, 5.41) is 1.37. The highest BCUT2D eigenvalue weighted by Crippen LogP contribution is 2.22. The second kappa shape index (κ2) is 2.81. The quantitative estimate of drug-likeness (QED) is 0.487. The lowest BCUT2D eigenvalue weighted by molar-refractivity contribution is 1.43. The van der Waals surface area contributed by atoms with Crippen molar-refractivity contribution in [2.24, 2.45) is 0 Å². The first-order valence-corrected chi connectivity index (χ1v) is 4.35. The topological polar surface area (TPSA) is 12.9 Å². The van der Waals surface area contributed by atoms with Gasteiger partial charge in [-0.3, -0.25) is 4.98 Å². The standard InChI is InChI=1S/C13H9N/c1-2-6-12-10(4-1)7-8-11-5-3-9-14-13(11)12/h1-9H/i4D,6D,7D,8D. The number of hydrogen-bond acceptors (Lipinski definition) is 1. The Balaban J connectivity index is 2.74. The largest absolute Gasteiger partial charge is 0.256 e. The first kappa shape index (κ1) is 4.56. The van der Waals surface area contributed by atoms with E-state index in [1.54, 1.807) is 18.3 Å². The molecule has 1 heteroatoms. The van der Waals surface area contributed by atoms with Crippen LogP contribution in [-0.4, -0.2) is 4.98 Å². The van der Waals surface area contributed by atoms with Crippen molar-refractivity contribution in [1.29, 1.82) is 0 Å². The van der Waals surface area contributed by atoms with Crippen LogP contribution < -0.4 is 0 Å². The Hall–Kier alpha value is -1.89. The van der Waals surface area contributed by atoms with Crippen LogP contribution in [-0.2, 0) is 0 Å². The highest BCUT2D eigenvalue weighted by Gasteiger charge is 1.98. The van der Waals surface area contributed by atoms with Crippen LogP contribution in [0.25, 0.3) is 21.7 Å². The number of nitrogens with zero attached hydrogens (tertiary/aromatic N) is 1. The van der Waals surface area contributed by atoms with Gasteiger partial charge in [0.1, 0.15) is 0 Å². The number of rotatable bonds is 0. The summed E-state index contributed by atoms with van der Waals surface area (Å²) < 4.78 is 31.8. The van der Waals surface area contributed by atoms with E-state index in [2.05, 4.69) is 4.98 Å². The first-order valence-electron chi connectivity index (χ1n) is 6.35. The molecule has 2 aromatic carbocycles. The van der Waals surface area contributed by atoms with Gasteiger partial charge in [0.25, 0.3) is 0 Å². The molecule has 0 radical (unpaired) electrons.